The third kappa shape index (κ3) is 2.87. The summed E-state index contributed by atoms with van der Waals surface area (Å²) in [5.74, 6) is 0.326. The molecule has 4 nitrogen and oxygen atoms in total. The van der Waals surface area contributed by atoms with Gasteiger partial charge in [0.1, 0.15) is 10.5 Å². The van der Waals surface area contributed by atoms with Gasteiger partial charge >= 0.3 is 0 Å². The number of rotatable bonds is 4. The van der Waals surface area contributed by atoms with Crippen LogP contribution < -0.4 is 0 Å². The molecule has 24 heavy (non-hydrogen) atoms. The van der Waals surface area contributed by atoms with Crippen molar-refractivity contribution < 1.29 is 4.79 Å². The van der Waals surface area contributed by atoms with Crippen LogP contribution in [-0.2, 0) is 17.9 Å². The normalized spacial score (nSPS) is 24.8. The predicted molar refractivity (Wildman–Crippen MR) is 95.6 cm³/mol. The smallest absolute Gasteiger partial charge is 0.243 e. The summed E-state index contributed by atoms with van der Waals surface area (Å²) in [6, 6.07) is 10.3. The van der Waals surface area contributed by atoms with Crippen LogP contribution in [-0.4, -0.2) is 39.3 Å². The first-order chi connectivity index (χ1) is 11.8. The zero-order chi connectivity index (χ0) is 16.4. The molecule has 3 heterocycles. The van der Waals surface area contributed by atoms with Gasteiger partial charge in [-0.05, 0) is 37.8 Å². The summed E-state index contributed by atoms with van der Waals surface area (Å²) in [5, 5.41) is 3.13. The maximum absolute atomic E-state index is 13.4. The minimum atomic E-state index is -0.293. The van der Waals surface area contributed by atoms with Gasteiger partial charge in [-0.3, -0.25) is 9.69 Å². The molecule has 1 spiro atoms. The quantitative estimate of drug-likeness (QED) is 0.856. The molecule has 2 aliphatic rings. The molecular weight excluding hydrogens is 318 g/mol. The highest BCUT2D eigenvalue weighted by molar-refractivity contribution is 7.09. The van der Waals surface area contributed by atoms with Crippen LogP contribution >= 0.6 is 11.3 Å². The molecule has 2 aromatic rings. The molecule has 1 amide bonds. The van der Waals surface area contributed by atoms with E-state index in [9.17, 15) is 4.79 Å². The van der Waals surface area contributed by atoms with Crippen molar-refractivity contribution in [1.82, 2.24) is 14.8 Å². The van der Waals surface area contributed by atoms with Gasteiger partial charge < -0.3 is 4.90 Å². The summed E-state index contributed by atoms with van der Waals surface area (Å²) < 4.78 is 0. The maximum Gasteiger partial charge on any atom is 0.243 e. The Morgan fingerprint density at radius 1 is 1.08 bits per heavy atom. The molecule has 0 N–H and O–H groups in total. The van der Waals surface area contributed by atoms with E-state index in [-0.39, 0.29) is 5.54 Å². The highest BCUT2D eigenvalue weighted by atomic mass is 32.1. The molecule has 1 unspecified atom stereocenters. The largest absolute Gasteiger partial charge is 0.337 e. The fourth-order valence-corrected chi connectivity index (χ4v) is 4.84. The van der Waals surface area contributed by atoms with Gasteiger partial charge in [-0.15, -0.1) is 11.3 Å². The number of hydrogen-bond donors (Lipinski definition) is 0. The van der Waals surface area contributed by atoms with Gasteiger partial charge in [0, 0.05) is 24.7 Å². The van der Waals surface area contributed by atoms with Crippen molar-refractivity contribution in [2.75, 3.05) is 13.1 Å². The molecular formula is C19H23N3OS. The third-order valence-corrected chi connectivity index (χ3v) is 6.12. The van der Waals surface area contributed by atoms with Gasteiger partial charge in [-0.1, -0.05) is 30.3 Å². The minimum Gasteiger partial charge on any atom is -0.337 e. The summed E-state index contributed by atoms with van der Waals surface area (Å²) in [4.78, 5) is 22.2. The van der Waals surface area contributed by atoms with E-state index in [2.05, 4.69) is 26.9 Å². The van der Waals surface area contributed by atoms with Crippen LogP contribution in [0, 0.1) is 0 Å². The molecule has 126 valence electrons. The molecule has 2 saturated heterocycles. The van der Waals surface area contributed by atoms with Crippen molar-refractivity contribution in [2.45, 2.75) is 44.3 Å². The van der Waals surface area contributed by atoms with Crippen molar-refractivity contribution >= 4 is 17.2 Å². The molecule has 0 radical (unpaired) electrons. The zero-order valence-corrected chi connectivity index (χ0v) is 14.7. The van der Waals surface area contributed by atoms with Gasteiger partial charge in [0.15, 0.2) is 0 Å². The van der Waals surface area contributed by atoms with Gasteiger partial charge in [-0.25, -0.2) is 4.98 Å². The third-order valence-electron chi connectivity index (χ3n) is 5.35. The fourth-order valence-electron chi connectivity index (χ4n) is 4.20. The van der Waals surface area contributed by atoms with E-state index < -0.39 is 0 Å². The standard InChI is InChI=1S/C19H23N3OS/c23-18-19(9-5-12-22(19)15-17-20-10-13-24-17)8-4-11-21(18)14-16-6-2-1-3-7-16/h1-3,6-7,10,13H,4-5,8-9,11-12,14-15H2. The highest BCUT2D eigenvalue weighted by Crippen LogP contribution is 2.39. The summed E-state index contributed by atoms with van der Waals surface area (Å²) >= 11 is 1.68. The Labute approximate surface area is 147 Å². The lowest BCUT2D eigenvalue weighted by molar-refractivity contribution is -0.148. The van der Waals surface area contributed by atoms with Gasteiger partial charge in [0.05, 0.1) is 6.54 Å². The number of nitrogens with zero attached hydrogens (tertiary/aromatic N) is 3. The molecule has 0 saturated carbocycles. The summed E-state index contributed by atoms with van der Waals surface area (Å²) in [7, 11) is 0. The zero-order valence-electron chi connectivity index (χ0n) is 13.9. The number of aromatic nitrogens is 1. The van der Waals surface area contributed by atoms with Crippen molar-refractivity contribution in [3.63, 3.8) is 0 Å². The number of piperidine rings is 1. The van der Waals surface area contributed by atoms with Gasteiger partial charge in [-0.2, -0.15) is 0 Å². The summed E-state index contributed by atoms with van der Waals surface area (Å²) in [6.07, 6.45) is 6.03. The molecule has 2 aliphatic heterocycles. The number of benzene rings is 1. The van der Waals surface area contributed by atoms with Crippen molar-refractivity contribution in [1.29, 1.82) is 0 Å². The van der Waals surface area contributed by atoms with E-state index in [4.69, 9.17) is 0 Å². The first-order valence-electron chi connectivity index (χ1n) is 8.75. The lowest BCUT2D eigenvalue weighted by Gasteiger charge is -2.44. The fraction of sp³-hybridized carbons (Fsp3) is 0.474. The van der Waals surface area contributed by atoms with Crippen LogP contribution in [0.5, 0.6) is 0 Å². The SMILES string of the molecule is O=C1N(Cc2ccccc2)CCCC12CCCN2Cc1nccs1. The summed E-state index contributed by atoms with van der Waals surface area (Å²) in [6.45, 7) is 3.42. The van der Waals surface area contributed by atoms with Gasteiger partial charge in [0.25, 0.3) is 0 Å². The predicted octanol–water partition coefficient (Wildman–Crippen LogP) is 3.30. The number of carbonyl (C=O) groups is 1. The van der Waals surface area contributed by atoms with E-state index in [0.717, 1.165) is 56.9 Å². The second kappa shape index (κ2) is 6.65. The number of thiazole rings is 1. The lowest BCUT2D eigenvalue weighted by Crippen LogP contribution is -2.59. The van der Waals surface area contributed by atoms with Crippen molar-refractivity contribution in [3.8, 4) is 0 Å². The Morgan fingerprint density at radius 3 is 2.62 bits per heavy atom. The molecule has 1 aromatic carbocycles. The molecule has 1 aromatic heterocycles. The minimum absolute atomic E-state index is 0.293. The van der Waals surface area contributed by atoms with Crippen molar-refractivity contribution in [3.05, 3.63) is 52.5 Å². The van der Waals surface area contributed by atoms with E-state index in [1.165, 1.54) is 5.56 Å². The lowest BCUT2D eigenvalue weighted by atomic mass is 9.85. The molecule has 0 aliphatic carbocycles. The number of amides is 1. The molecule has 1 atom stereocenters. The number of carbonyl (C=O) groups excluding carboxylic acids is 1. The number of likely N-dealkylation sites (tertiary alicyclic amines) is 2. The van der Waals surface area contributed by atoms with E-state index in [1.807, 2.05) is 29.8 Å². The first kappa shape index (κ1) is 15.8. The molecule has 4 rings (SSSR count). The second-order valence-corrected chi connectivity index (χ2v) is 7.78. The van der Waals surface area contributed by atoms with Crippen molar-refractivity contribution in [2.24, 2.45) is 0 Å². The highest BCUT2D eigenvalue weighted by Gasteiger charge is 2.50. The number of hydrogen-bond acceptors (Lipinski definition) is 4. The molecule has 5 heteroatoms. The van der Waals surface area contributed by atoms with E-state index in [1.54, 1.807) is 11.3 Å². The maximum atomic E-state index is 13.4. The van der Waals surface area contributed by atoms with Crippen LogP contribution in [0.2, 0.25) is 0 Å². The second-order valence-electron chi connectivity index (χ2n) is 6.80. The summed E-state index contributed by atoms with van der Waals surface area (Å²) in [5.41, 5.74) is 0.922. The van der Waals surface area contributed by atoms with E-state index in [0.29, 0.717) is 5.91 Å². The van der Waals surface area contributed by atoms with Crippen LogP contribution in [0.1, 0.15) is 36.3 Å². The Balaban J connectivity index is 1.54. The van der Waals surface area contributed by atoms with Crippen LogP contribution in [0.4, 0.5) is 0 Å². The van der Waals surface area contributed by atoms with Gasteiger partial charge in [0.2, 0.25) is 5.91 Å². The van der Waals surface area contributed by atoms with E-state index >= 15 is 0 Å². The Hall–Kier alpha value is -1.72. The van der Waals surface area contributed by atoms with Crippen LogP contribution in [0.15, 0.2) is 41.9 Å². The monoisotopic (exact) mass is 341 g/mol. The Kier molecular flexibility index (Phi) is 4.37. The van der Waals surface area contributed by atoms with Crippen LogP contribution in [0.25, 0.3) is 0 Å². The Morgan fingerprint density at radius 2 is 1.88 bits per heavy atom. The molecule has 0 bridgehead atoms. The molecule has 2 fully saturated rings. The average molecular weight is 341 g/mol. The van der Waals surface area contributed by atoms with Crippen LogP contribution in [0.3, 0.4) is 0 Å². The first-order valence-corrected chi connectivity index (χ1v) is 9.63. The average Bonchev–Trinajstić information content (AvgIpc) is 3.25. The Bertz CT molecular complexity index is 688. The topological polar surface area (TPSA) is 36.4 Å².